The van der Waals surface area contributed by atoms with Crippen molar-refractivity contribution in [3.63, 3.8) is 0 Å². The summed E-state index contributed by atoms with van der Waals surface area (Å²) in [5, 5.41) is 0.531. The lowest BCUT2D eigenvalue weighted by atomic mass is 10.0. The second-order valence-corrected chi connectivity index (χ2v) is 5.72. The molecule has 2 heterocycles. The minimum atomic E-state index is -1.03. The van der Waals surface area contributed by atoms with Crippen LogP contribution in [0.1, 0.15) is 17.3 Å². The van der Waals surface area contributed by atoms with Crippen LogP contribution in [0.3, 0.4) is 0 Å². The molecule has 2 N–H and O–H groups in total. The first kappa shape index (κ1) is 16.2. The molecule has 1 saturated heterocycles. The number of nitrogens with two attached hydrogens (primary N) is 1. The van der Waals surface area contributed by atoms with Crippen molar-refractivity contribution in [1.29, 1.82) is 0 Å². The molecule has 0 spiro atoms. The number of benzene rings is 1. The normalized spacial score (nSPS) is 18.3. The fourth-order valence-corrected chi connectivity index (χ4v) is 2.67. The molecule has 0 bridgehead atoms. The highest BCUT2D eigenvalue weighted by Gasteiger charge is 2.40. The van der Waals surface area contributed by atoms with Gasteiger partial charge >= 0.3 is 6.09 Å². The minimum Gasteiger partial charge on any atom is -0.434 e. The van der Waals surface area contributed by atoms with Gasteiger partial charge in [-0.1, -0.05) is 23.7 Å². The number of primary amides is 1. The molecule has 0 radical (unpaired) electrons. The van der Waals surface area contributed by atoms with E-state index >= 15 is 0 Å². The highest BCUT2D eigenvalue weighted by Crippen LogP contribution is 2.32. The fourth-order valence-electron chi connectivity index (χ4n) is 2.54. The van der Waals surface area contributed by atoms with E-state index in [1.807, 2.05) is 0 Å². The number of hydrogen-bond acceptors (Lipinski definition) is 4. The first-order valence-electron chi connectivity index (χ1n) is 7.09. The molecule has 1 fully saturated rings. The van der Waals surface area contributed by atoms with Crippen molar-refractivity contribution in [2.45, 2.75) is 12.1 Å². The topological polar surface area (TPSA) is 85.5 Å². The van der Waals surface area contributed by atoms with E-state index in [2.05, 4.69) is 4.98 Å². The van der Waals surface area contributed by atoms with Crippen LogP contribution in [-0.4, -0.2) is 34.5 Å². The smallest absolute Gasteiger partial charge is 0.411 e. The number of rotatable bonds is 4. The number of carbonyl (C=O) groups excluding carboxylic acids is 2. The molecule has 8 heteroatoms. The Morgan fingerprint density at radius 2 is 2.04 bits per heavy atom. The van der Waals surface area contributed by atoms with Crippen molar-refractivity contribution in [3.8, 4) is 0 Å². The van der Waals surface area contributed by atoms with Gasteiger partial charge in [-0.3, -0.25) is 14.7 Å². The van der Waals surface area contributed by atoms with Gasteiger partial charge in [-0.2, -0.15) is 0 Å². The average molecular weight is 350 g/mol. The van der Waals surface area contributed by atoms with Gasteiger partial charge in [0.15, 0.2) is 6.10 Å². The van der Waals surface area contributed by atoms with E-state index in [4.69, 9.17) is 22.1 Å². The molecule has 1 aliphatic heterocycles. The summed E-state index contributed by atoms with van der Waals surface area (Å²) >= 11 is 5.90. The molecule has 0 aliphatic carbocycles. The van der Waals surface area contributed by atoms with E-state index in [0.717, 1.165) is 6.20 Å². The number of cyclic esters (lactones) is 1. The van der Waals surface area contributed by atoms with Crippen molar-refractivity contribution >= 4 is 23.6 Å². The van der Waals surface area contributed by atoms with E-state index in [0.29, 0.717) is 16.3 Å². The van der Waals surface area contributed by atoms with Crippen LogP contribution in [0.5, 0.6) is 0 Å². The molecular weight excluding hydrogens is 337 g/mol. The Morgan fingerprint density at radius 3 is 2.58 bits per heavy atom. The summed E-state index contributed by atoms with van der Waals surface area (Å²) in [4.78, 5) is 28.9. The summed E-state index contributed by atoms with van der Waals surface area (Å²) in [7, 11) is 0. The number of pyridine rings is 1. The van der Waals surface area contributed by atoms with Gasteiger partial charge in [0.1, 0.15) is 11.9 Å². The summed E-state index contributed by atoms with van der Waals surface area (Å²) in [5.74, 6) is -1.22. The summed E-state index contributed by atoms with van der Waals surface area (Å²) < 4.78 is 18.2. The average Bonchev–Trinajstić information content (AvgIpc) is 2.93. The molecule has 1 aliphatic rings. The number of halogens is 2. The Labute approximate surface area is 142 Å². The molecular formula is C16H13ClFN3O3. The monoisotopic (exact) mass is 349 g/mol. The summed E-state index contributed by atoms with van der Waals surface area (Å²) in [5.41, 5.74) is 6.34. The van der Waals surface area contributed by atoms with Gasteiger partial charge in [0.25, 0.3) is 5.91 Å². The van der Waals surface area contributed by atoms with Crippen LogP contribution in [0.2, 0.25) is 5.02 Å². The number of carbonyl (C=O) groups is 2. The summed E-state index contributed by atoms with van der Waals surface area (Å²) in [6, 6.07) is 8.85. The predicted octanol–water partition coefficient (Wildman–Crippen LogP) is 2.27. The van der Waals surface area contributed by atoms with Crippen LogP contribution in [0, 0.1) is 5.82 Å². The van der Waals surface area contributed by atoms with Crippen LogP contribution < -0.4 is 5.73 Å². The van der Waals surface area contributed by atoms with Crippen LogP contribution in [0.15, 0.2) is 42.6 Å². The van der Waals surface area contributed by atoms with Gasteiger partial charge in [-0.25, -0.2) is 9.18 Å². The number of amides is 2. The Morgan fingerprint density at radius 1 is 1.33 bits per heavy atom. The van der Waals surface area contributed by atoms with Crippen molar-refractivity contribution in [1.82, 2.24) is 9.88 Å². The molecule has 0 saturated carbocycles. The van der Waals surface area contributed by atoms with Crippen molar-refractivity contribution in [2.24, 2.45) is 5.73 Å². The molecule has 2 atom stereocenters. The zero-order valence-corrected chi connectivity index (χ0v) is 13.1. The maximum absolute atomic E-state index is 13.2. The number of ether oxygens (including phenoxy) is 1. The van der Waals surface area contributed by atoms with E-state index in [1.165, 1.54) is 17.0 Å². The zero-order chi connectivity index (χ0) is 17.3. The van der Waals surface area contributed by atoms with Crippen LogP contribution in [0.4, 0.5) is 9.18 Å². The Hall–Kier alpha value is -2.67. The van der Waals surface area contributed by atoms with Gasteiger partial charge < -0.3 is 10.5 Å². The van der Waals surface area contributed by atoms with Gasteiger partial charge in [0, 0.05) is 5.02 Å². The Bertz CT molecular complexity index is 722. The molecule has 1 unspecified atom stereocenters. The Balaban J connectivity index is 2.02. The highest BCUT2D eigenvalue weighted by molar-refractivity contribution is 6.30. The number of hydrogen-bond donors (Lipinski definition) is 1. The van der Waals surface area contributed by atoms with Gasteiger partial charge in [0.2, 0.25) is 0 Å². The number of nitrogens with zero attached hydrogens (tertiary/aromatic N) is 2. The zero-order valence-electron chi connectivity index (χ0n) is 12.4. The lowest BCUT2D eigenvalue weighted by Crippen LogP contribution is -2.35. The third-order valence-electron chi connectivity index (χ3n) is 3.69. The minimum absolute atomic E-state index is 0.0134. The second kappa shape index (κ2) is 6.45. The first-order chi connectivity index (χ1) is 11.5. The summed E-state index contributed by atoms with van der Waals surface area (Å²) in [6.07, 6.45) is -0.664. The predicted molar refractivity (Wildman–Crippen MR) is 83.7 cm³/mol. The van der Waals surface area contributed by atoms with E-state index in [-0.39, 0.29) is 6.54 Å². The maximum Gasteiger partial charge on any atom is 0.411 e. The largest absolute Gasteiger partial charge is 0.434 e. The fraction of sp³-hybridized carbons (Fsp3) is 0.188. The summed E-state index contributed by atoms with van der Waals surface area (Å²) in [6.45, 7) is -0.0134. The van der Waals surface area contributed by atoms with Crippen molar-refractivity contribution in [3.05, 3.63) is 64.7 Å². The molecule has 6 nitrogen and oxygen atoms in total. The molecule has 2 amide bonds. The molecule has 3 rings (SSSR count). The lowest BCUT2D eigenvalue weighted by Gasteiger charge is -2.25. The van der Waals surface area contributed by atoms with Crippen LogP contribution >= 0.6 is 11.6 Å². The highest BCUT2D eigenvalue weighted by atomic mass is 35.5. The van der Waals surface area contributed by atoms with Crippen LogP contribution in [-0.2, 0) is 9.53 Å². The molecule has 2 aromatic rings. The second-order valence-electron chi connectivity index (χ2n) is 5.28. The first-order valence-corrected chi connectivity index (χ1v) is 7.47. The SMILES string of the molecule is NC(=O)C1CN([C@H](c2ccc(Cl)cc2)c2ccc(F)cn2)C(=O)O1. The molecule has 1 aromatic heterocycles. The van der Waals surface area contributed by atoms with Gasteiger partial charge in [-0.15, -0.1) is 0 Å². The van der Waals surface area contributed by atoms with Gasteiger partial charge in [0.05, 0.1) is 18.4 Å². The molecule has 24 heavy (non-hydrogen) atoms. The van der Waals surface area contributed by atoms with E-state index < -0.39 is 30.0 Å². The maximum atomic E-state index is 13.2. The molecule has 124 valence electrons. The third-order valence-corrected chi connectivity index (χ3v) is 3.94. The van der Waals surface area contributed by atoms with E-state index in [9.17, 15) is 14.0 Å². The van der Waals surface area contributed by atoms with E-state index in [1.54, 1.807) is 24.3 Å². The quantitative estimate of drug-likeness (QED) is 0.917. The molecule has 1 aromatic carbocycles. The van der Waals surface area contributed by atoms with Crippen molar-refractivity contribution in [2.75, 3.05) is 6.54 Å². The van der Waals surface area contributed by atoms with Crippen molar-refractivity contribution < 1.29 is 18.7 Å². The standard InChI is InChI=1S/C16H13ClFN3O3/c17-10-3-1-9(2-4-10)14(12-6-5-11(18)7-20-12)21-8-13(15(19)22)24-16(21)23/h1-7,13-14H,8H2,(H2,19,22)/t13?,14-/m1/s1. The number of aromatic nitrogens is 1. The van der Waals surface area contributed by atoms with Crippen LogP contribution in [0.25, 0.3) is 0 Å². The Kier molecular flexibility index (Phi) is 4.35. The lowest BCUT2D eigenvalue weighted by molar-refractivity contribution is -0.124. The third kappa shape index (κ3) is 3.16. The van der Waals surface area contributed by atoms with Gasteiger partial charge in [-0.05, 0) is 29.8 Å².